The van der Waals surface area contributed by atoms with Gasteiger partial charge in [-0.3, -0.25) is 4.79 Å². The van der Waals surface area contributed by atoms with Crippen molar-refractivity contribution in [3.8, 4) is 11.5 Å². The number of ether oxygens (including phenoxy) is 2. The van der Waals surface area contributed by atoms with Crippen molar-refractivity contribution in [2.75, 3.05) is 13.2 Å². The summed E-state index contributed by atoms with van der Waals surface area (Å²) in [6.45, 7) is 6.91. The standard InChI is InChI=1S/C22H28O4/c1-17-6-12-20(13-7-17)25-15-16-26-21(24)5-4-14-22(2,3)18-8-10-19(23)11-9-18/h6-13,23H,4-5,14-16H2,1-3H3. The molecular weight excluding hydrogens is 328 g/mol. The van der Waals surface area contributed by atoms with Crippen LogP contribution in [-0.2, 0) is 14.9 Å². The van der Waals surface area contributed by atoms with Crippen LogP contribution in [-0.4, -0.2) is 24.3 Å². The minimum atomic E-state index is -0.195. The van der Waals surface area contributed by atoms with E-state index in [0.29, 0.717) is 13.0 Å². The van der Waals surface area contributed by atoms with E-state index in [0.717, 1.165) is 24.2 Å². The second kappa shape index (κ2) is 9.27. The number of aromatic hydroxyl groups is 1. The zero-order chi connectivity index (χ0) is 19.0. The first-order chi connectivity index (χ1) is 12.4. The van der Waals surface area contributed by atoms with Crippen molar-refractivity contribution < 1.29 is 19.4 Å². The molecule has 0 bridgehead atoms. The summed E-state index contributed by atoms with van der Waals surface area (Å²) in [6, 6.07) is 15.0. The molecule has 0 atom stereocenters. The van der Waals surface area contributed by atoms with Gasteiger partial charge in [0.1, 0.15) is 24.7 Å². The summed E-state index contributed by atoms with van der Waals surface area (Å²) >= 11 is 0. The van der Waals surface area contributed by atoms with Crippen LogP contribution < -0.4 is 4.74 Å². The van der Waals surface area contributed by atoms with Gasteiger partial charge in [0, 0.05) is 6.42 Å². The smallest absolute Gasteiger partial charge is 0.305 e. The number of carbonyl (C=O) groups excluding carboxylic acids is 1. The van der Waals surface area contributed by atoms with E-state index < -0.39 is 0 Å². The van der Waals surface area contributed by atoms with E-state index in [-0.39, 0.29) is 23.7 Å². The van der Waals surface area contributed by atoms with Crippen molar-refractivity contribution >= 4 is 5.97 Å². The lowest BCUT2D eigenvalue weighted by Crippen LogP contribution is -2.18. The molecular formula is C22H28O4. The monoisotopic (exact) mass is 356 g/mol. The van der Waals surface area contributed by atoms with Crippen LogP contribution in [0.2, 0.25) is 0 Å². The van der Waals surface area contributed by atoms with Gasteiger partial charge in [0.2, 0.25) is 0 Å². The molecule has 2 aromatic carbocycles. The van der Waals surface area contributed by atoms with Crippen molar-refractivity contribution in [2.24, 2.45) is 0 Å². The average Bonchev–Trinajstić information content (AvgIpc) is 2.60. The molecule has 2 aromatic rings. The van der Waals surface area contributed by atoms with Crippen LogP contribution in [0.5, 0.6) is 11.5 Å². The summed E-state index contributed by atoms with van der Waals surface area (Å²) in [5.74, 6) is 0.849. The Morgan fingerprint density at radius 2 is 1.65 bits per heavy atom. The number of hydrogen-bond donors (Lipinski definition) is 1. The zero-order valence-electron chi connectivity index (χ0n) is 15.8. The molecule has 0 saturated carbocycles. The number of carbonyl (C=O) groups is 1. The van der Waals surface area contributed by atoms with E-state index in [4.69, 9.17) is 9.47 Å². The van der Waals surface area contributed by atoms with Gasteiger partial charge in [0.05, 0.1) is 0 Å². The Balaban J connectivity index is 1.63. The van der Waals surface area contributed by atoms with Crippen LogP contribution in [0.25, 0.3) is 0 Å². The maximum atomic E-state index is 11.9. The molecule has 0 spiro atoms. The van der Waals surface area contributed by atoms with Crippen LogP contribution in [0.4, 0.5) is 0 Å². The fourth-order valence-corrected chi connectivity index (χ4v) is 2.75. The van der Waals surface area contributed by atoms with Gasteiger partial charge in [0.15, 0.2) is 0 Å². The first-order valence-electron chi connectivity index (χ1n) is 9.01. The highest BCUT2D eigenvalue weighted by Gasteiger charge is 2.20. The summed E-state index contributed by atoms with van der Waals surface area (Å²) in [5, 5.41) is 9.39. The highest BCUT2D eigenvalue weighted by Crippen LogP contribution is 2.30. The minimum absolute atomic E-state index is 0.0530. The molecule has 0 saturated heterocycles. The number of benzene rings is 2. The molecule has 0 radical (unpaired) electrons. The summed E-state index contributed by atoms with van der Waals surface area (Å²) in [7, 11) is 0. The van der Waals surface area contributed by atoms with Crippen molar-refractivity contribution in [1.29, 1.82) is 0 Å². The molecule has 4 heteroatoms. The predicted octanol–water partition coefficient (Wildman–Crippen LogP) is 4.77. The number of hydrogen-bond acceptors (Lipinski definition) is 4. The number of rotatable bonds is 9. The number of phenolic OH excluding ortho intramolecular Hbond substituents is 1. The topological polar surface area (TPSA) is 55.8 Å². The molecule has 4 nitrogen and oxygen atoms in total. The van der Waals surface area contributed by atoms with Gasteiger partial charge < -0.3 is 14.6 Å². The lowest BCUT2D eigenvalue weighted by Gasteiger charge is -2.25. The van der Waals surface area contributed by atoms with E-state index in [9.17, 15) is 9.90 Å². The van der Waals surface area contributed by atoms with Gasteiger partial charge in [0.25, 0.3) is 0 Å². The van der Waals surface area contributed by atoms with Crippen molar-refractivity contribution in [3.05, 3.63) is 59.7 Å². The Labute approximate surface area is 155 Å². The molecule has 0 aromatic heterocycles. The third-order valence-electron chi connectivity index (χ3n) is 4.47. The molecule has 0 aliphatic rings. The molecule has 0 unspecified atom stereocenters. The van der Waals surface area contributed by atoms with Gasteiger partial charge in [-0.1, -0.05) is 43.7 Å². The normalized spacial score (nSPS) is 11.2. The van der Waals surface area contributed by atoms with Gasteiger partial charge in [-0.05, 0) is 55.0 Å². The Kier molecular flexibility index (Phi) is 7.07. The van der Waals surface area contributed by atoms with Gasteiger partial charge in [-0.25, -0.2) is 0 Å². The van der Waals surface area contributed by atoms with Crippen LogP contribution in [0.15, 0.2) is 48.5 Å². The van der Waals surface area contributed by atoms with Crippen molar-refractivity contribution in [2.45, 2.75) is 45.4 Å². The van der Waals surface area contributed by atoms with Crippen LogP contribution in [0, 0.1) is 6.92 Å². The summed E-state index contributed by atoms with van der Waals surface area (Å²) < 4.78 is 10.8. The second-order valence-corrected chi connectivity index (χ2v) is 7.17. The lowest BCUT2D eigenvalue weighted by atomic mass is 9.80. The molecule has 0 fully saturated rings. The van der Waals surface area contributed by atoms with Gasteiger partial charge in [-0.15, -0.1) is 0 Å². The Morgan fingerprint density at radius 3 is 2.31 bits per heavy atom. The molecule has 0 heterocycles. The third kappa shape index (κ3) is 6.43. The van der Waals surface area contributed by atoms with Crippen molar-refractivity contribution in [3.63, 3.8) is 0 Å². The van der Waals surface area contributed by atoms with E-state index in [1.165, 1.54) is 5.56 Å². The average molecular weight is 356 g/mol. The molecule has 0 aliphatic carbocycles. The Hall–Kier alpha value is -2.49. The molecule has 140 valence electrons. The first kappa shape index (κ1) is 19.8. The maximum absolute atomic E-state index is 11.9. The second-order valence-electron chi connectivity index (χ2n) is 7.17. The lowest BCUT2D eigenvalue weighted by molar-refractivity contribution is -0.144. The summed E-state index contributed by atoms with van der Waals surface area (Å²) in [4.78, 5) is 11.9. The highest BCUT2D eigenvalue weighted by atomic mass is 16.6. The quantitative estimate of drug-likeness (QED) is 0.519. The molecule has 2 rings (SSSR count). The Bertz CT molecular complexity index is 687. The fraction of sp³-hybridized carbons (Fsp3) is 0.409. The largest absolute Gasteiger partial charge is 0.508 e. The summed E-state index contributed by atoms with van der Waals surface area (Å²) in [5.41, 5.74) is 2.27. The maximum Gasteiger partial charge on any atom is 0.305 e. The Morgan fingerprint density at radius 1 is 1.00 bits per heavy atom. The van der Waals surface area contributed by atoms with Gasteiger partial charge in [-0.2, -0.15) is 0 Å². The number of phenols is 1. The molecule has 0 amide bonds. The SMILES string of the molecule is Cc1ccc(OCCOC(=O)CCCC(C)(C)c2ccc(O)cc2)cc1. The minimum Gasteiger partial charge on any atom is -0.508 e. The first-order valence-corrected chi connectivity index (χ1v) is 9.01. The van der Waals surface area contributed by atoms with Crippen molar-refractivity contribution in [1.82, 2.24) is 0 Å². The highest BCUT2D eigenvalue weighted by molar-refractivity contribution is 5.69. The molecule has 26 heavy (non-hydrogen) atoms. The van der Waals surface area contributed by atoms with Crippen LogP contribution in [0.1, 0.15) is 44.2 Å². The van der Waals surface area contributed by atoms with E-state index in [1.54, 1.807) is 12.1 Å². The fourth-order valence-electron chi connectivity index (χ4n) is 2.75. The number of esters is 1. The van der Waals surface area contributed by atoms with Gasteiger partial charge >= 0.3 is 5.97 Å². The zero-order valence-corrected chi connectivity index (χ0v) is 15.8. The van der Waals surface area contributed by atoms with E-state index in [2.05, 4.69) is 13.8 Å². The van der Waals surface area contributed by atoms with Crippen LogP contribution in [0.3, 0.4) is 0 Å². The number of aryl methyl sites for hydroxylation is 1. The predicted molar refractivity (Wildman–Crippen MR) is 103 cm³/mol. The third-order valence-corrected chi connectivity index (χ3v) is 4.47. The van der Waals surface area contributed by atoms with Crippen LogP contribution >= 0.6 is 0 Å². The van der Waals surface area contributed by atoms with E-state index >= 15 is 0 Å². The van der Waals surface area contributed by atoms with E-state index in [1.807, 2.05) is 43.3 Å². The molecule has 0 aliphatic heterocycles. The molecule has 1 N–H and O–H groups in total. The summed E-state index contributed by atoms with van der Waals surface area (Å²) in [6.07, 6.45) is 2.02.